The Morgan fingerprint density at radius 1 is 1.23 bits per heavy atom. The van der Waals surface area contributed by atoms with Gasteiger partial charge in [-0.3, -0.25) is 0 Å². The molecule has 10 heteroatoms. The maximum absolute atomic E-state index is 13.9. The summed E-state index contributed by atoms with van der Waals surface area (Å²) in [4.78, 5) is 8.26. The largest absolute Gasteiger partial charge is 0.496 e. The van der Waals surface area contributed by atoms with Crippen LogP contribution in [0.15, 0.2) is 34.3 Å². The fourth-order valence-electron chi connectivity index (χ4n) is 3.51. The Balaban J connectivity index is 2.38. The maximum atomic E-state index is 13.9. The molecule has 0 N–H and O–H groups in total. The number of halogens is 3. The number of alkyl halides is 3. The Kier molecular flexibility index (Phi) is 6.44. The molecule has 0 bridgehead atoms. The Labute approximate surface area is 180 Å². The minimum absolute atomic E-state index is 0.0482. The molecule has 6 nitrogen and oxygen atoms in total. The number of nitriles is 2. The summed E-state index contributed by atoms with van der Waals surface area (Å²) < 4.78 is 52.2. The summed E-state index contributed by atoms with van der Waals surface area (Å²) in [6, 6.07) is 8.19. The topological polar surface area (TPSA) is 91.3 Å². The number of allylic oxidation sites excluding steroid dienone is 1. The van der Waals surface area contributed by atoms with Gasteiger partial charge in [-0.25, -0.2) is 9.98 Å². The van der Waals surface area contributed by atoms with E-state index in [1.54, 1.807) is 18.4 Å². The van der Waals surface area contributed by atoms with Gasteiger partial charge < -0.3 is 9.47 Å². The molecule has 2 unspecified atom stereocenters. The van der Waals surface area contributed by atoms with Crippen LogP contribution >= 0.6 is 11.3 Å². The lowest BCUT2D eigenvalue weighted by atomic mass is 9.75. The SMILES string of the molecule is COCC1=C(c2nc(C)cs2)C(c2ccc(C#N)cc2OC)C(C#N)C(C(F)(F)F)=N1. The highest BCUT2D eigenvalue weighted by Gasteiger charge is 2.49. The number of thiazole rings is 1. The standard InChI is InChI=1S/C21H17F3N4O2S/c1-11-10-31-20(27-11)18-15(9-29-2)28-19(21(22,23)24)14(8-26)17(18)13-5-4-12(7-25)6-16(13)30-3/h4-6,10,14,17H,9H2,1-3H3. The second kappa shape index (κ2) is 8.88. The monoisotopic (exact) mass is 446 g/mol. The molecule has 0 radical (unpaired) electrons. The van der Waals surface area contributed by atoms with Gasteiger partial charge in [-0.05, 0) is 19.1 Å². The van der Waals surface area contributed by atoms with Crippen molar-refractivity contribution in [2.45, 2.75) is 19.0 Å². The lowest BCUT2D eigenvalue weighted by Gasteiger charge is -2.32. The molecule has 1 aromatic carbocycles. The first-order valence-corrected chi connectivity index (χ1v) is 9.91. The van der Waals surface area contributed by atoms with Gasteiger partial charge in [0, 0.05) is 35.2 Å². The minimum atomic E-state index is -4.82. The molecule has 31 heavy (non-hydrogen) atoms. The molecule has 2 atom stereocenters. The first-order valence-electron chi connectivity index (χ1n) is 9.03. The van der Waals surface area contributed by atoms with E-state index < -0.39 is 23.7 Å². The molecule has 1 aliphatic heterocycles. The highest BCUT2D eigenvalue weighted by molar-refractivity contribution is 7.10. The molecule has 0 aliphatic carbocycles. The van der Waals surface area contributed by atoms with Crippen molar-refractivity contribution < 1.29 is 22.6 Å². The molecular weight excluding hydrogens is 429 g/mol. The highest BCUT2D eigenvalue weighted by atomic mass is 32.1. The quantitative estimate of drug-likeness (QED) is 0.668. The average Bonchev–Trinajstić information content (AvgIpc) is 3.17. The van der Waals surface area contributed by atoms with E-state index in [0.717, 1.165) is 0 Å². The number of aryl methyl sites for hydroxylation is 1. The average molecular weight is 446 g/mol. The number of aromatic nitrogens is 1. The van der Waals surface area contributed by atoms with Crippen LogP contribution in [0.4, 0.5) is 13.2 Å². The summed E-state index contributed by atoms with van der Waals surface area (Å²) in [5.41, 5.74) is 0.530. The van der Waals surface area contributed by atoms with Crippen molar-refractivity contribution in [2.24, 2.45) is 10.9 Å². The van der Waals surface area contributed by atoms with Crippen LogP contribution in [0, 0.1) is 35.5 Å². The van der Waals surface area contributed by atoms with E-state index in [9.17, 15) is 23.7 Å². The van der Waals surface area contributed by atoms with Crippen LogP contribution < -0.4 is 4.74 Å². The lowest BCUT2D eigenvalue weighted by Crippen LogP contribution is -2.37. The molecule has 0 amide bonds. The van der Waals surface area contributed by atoms with E-state index in [0.29, 0.717) is 21.8 Å². The zero-order valence-corrected chi connectivity index (χ0v) is 17.6. The molecule has 2 aromatic rings. The Morgan fingerprint density at radius 3 is 2.48 bits per heavy atom. The normalized spacial score (nSPS) is 18.9. The molecule has 0 saturated heterocycles. The number of hydrogen-bond donors (Lipinski definition) is 0. The van der Waals surface area contributed by atoms with Gasteiger partial charge in [-0.15, -0.1) is 11.3 Å². The van der Waals surface area contributed by atoms with E-state index in [2.05, 4.69) is 9.98 Å². The van der Waals surface area contributed by atoms with Crippen LogP contribution in [0.2, 0.25) is 0 Å². The zero-order chi connectivity index (χ0) is 22.8. The highest BCUT2D eigenvalue weighted by Crippen LogP contribution is 2.49. The maximum Gasteiger partial charge on any atom is 0.430 e. The molecule has 1 aromatic heterocycles. The summed E-state index contributed by atoms with van der Waals surface area (Å²) in [5, 5.41) is 21.2. The van der Waals surface area contributed by atoms with Gasteiger partial charge in [-0.1, -0.05) is 6.07 Å². The van der Waals surface area contributed by atoms with E-state index in [1.165, 1.54) is 43.8 Å². The minimum Gasteiger partial charge on any atom is -0.496 e. The Bertz CT molecular complexity index is 1140. The predicted molar refractivity (Wildman–Crippen MR) is 109 cm³/mol. The van der Waals surface area contributed by atoms with Crippen molar-refractivity contribution in [3.63, 3.8) is 0 Å². The third-order valence-corrected chi connectivity index (χ3v) is 5.76. The van der Waals surface area contributed by atoms with Crippen molar-refractivity contribution >= 4 is 22.6 Å². The fraction of sp³-hybridized carbons (Fsp3) is 0.333. The van der Waals surface area contributed by atoms with E-state index >= 15 is 0 Å². The van der Waals surface area contributed by atoms with E-state index in [4.69, 9.17) is 9.47 Å². The van der Waals surface area contributed by atoms with E-state index in [1.807, 2.05) is 6.07 Å². The van der Waals surface area contributed by atoms with Crippen LogP contribution in [0.5, 0.6) is 5.75 Å². The third-order valence-electron chi connectivity index (χ3n) is 4.76. The molecular formula is C21H17F3N4O2S. The van der Waals surface area contributed by atoms with Crippen molar-refractivity contribution in [1.82, 2.24) is 4.98 Å². The summed E-state index contributed by atoms with van der Waals surface area (Å²) in [5.74, 6) is -2.51. The van der Waals surface area contributed by atoms with Gasteiger partial charge in [-0.2, -0.15) is 23.7 Å². The van der Waals surface area contributed by atoms with Gasteiger partial charge in [0.25, 0.3) is 0 Å². The molecule has 3 rings (SSSR count). The molecule has 0 fully saturated rings. The lowest BCUT2D eigenvalue weighted by molar-refractivity contribution is -0.0624. The zero-order valence-electron chi connectivity index (χ0n) is 16.8. The summed E-state index contributed by atoms with van der Waals surface area (Å²) >= 11 is 1.25. The van der Waals surface area contributed by atoms with Crippen LogP contribution in [0.1, 0.15) is 27.7 Å². The van der Waals surface area contributed by atoms with Gasteiger partial charge in [0.05, 0.1) is 37.1 Å². The molecule has 2 heterocycles. The van der Waals surface area contributed by atoms with Gasteiger partial charge in [0.1, 0.15) is 22.4 Å². The summed E-state index contributed by atoms with van der Waals surface area (Å²) in [7, 11) is 2.71. The molecule has 160 valence electrons. The Morgan fingerprint density at radius 2 is 1.97 bits per heavy atom. The second-order valence-electron chi connectivity index (χ2n) is 6.74. The van der Waals surface area contributed by atoms with Gasteiger partial charge in [0.2, 0.25) is 0 Å². The number of methoxy groups -OCH3 is 2. The fourth-order valence-corrected chi connectivity index (χ4v) is 4.41. The van der Waals surface area contributed by atoms with Crippen molar-refractivity contribution in [3.8, 4) is 17.9 Å². The molecule has 0 spiro atoms. The summed E-state index contributed by atoms with van der Waals surface area (Å²) in [6.45, 7) is 1.57. The van der Waals surface area contributed by atoms with Crippen LogP contribution in [0.25, 0.3) is 5.57 Å². The first-order chi connectivity index (χ1) is 14.7. The number of aliphatic imine (C=N–C) groups is 1. The number of hydrogen-bond acceptors (Lipinski definition) is 7. The third kappa shape index (κ3) is 4.31. The van der Waals surface area contributed by atoms with Crippen molar-refractivity contribution in [2.75, 3.05) is 20.8 Å². The molecule has 0 saturated carbocycles. The number of benzene rings is 1. The predicted octanol–water partition coefficient (Wildman–Crippen LogP) is 4.63. The second-order valence-corrected chi connectivity index (χ2v) is 7.59. The Hall–Kier alpha value is -3.21. The van der Waals surface area contributed by atoms with E-state index in [-0.39, 0.29) is 23.6 Å². The van der Waals surface area contributed by atoms with Crippen LogP contribution in [-0.2, 0) is 4.74 Å². The first kappa shape index (κ1) is 22.5. The van der Waals surface area contributed by atoms with Crippen molar-refractivity contribution in [3.05, 3.63) is 51.1 Å². The van der Waals surface area contributed by atoms with Crippen LogP contribution in [-0.4, -0.2) is 37.7 Å². The summed E-state index contributed by atoms with van der Waals surface area (Å²) in [6.07, 6.45) is -4.82. The van der Waals surface area contributed by atoms with Crippen LogP contribution in [0.3, 0.4) is 0 Å². The number of nitrogens with zero attached hydrogens (tertiary/aromatic N) is 4. The van der Waals surface area contributed by atoms with Gasteiger partial charge >= 0.3 is 6.18 Å². The smallest absolute Gasteiger partial charge is 0.430 e. The van der Waals surface area contributed by atoms with Crippen molar-refractivity contribution in [1.29, 1.82) is 10.5 Å². The number of ether oxygens (including phenoxy) is 2. The van der Waals surface area contributed by atoms with Gasteiger partial charge in [0.15, 0.2) is 0 Å². The number of rotatable bonds is 5. The molecule has 1 aliphatic rings.